The van der Waals surface area contributed by atoms with Crippen LogP contribution < -0.4 is 10.6 Å². The van der Waals surface area contributed by atoms with Crippen molar-refractivity contribution in [1.82, 2.24) is 9.80 Å². The maximum Gasteiger partial charge on any atom is 0.227 e. The average molecular weight is 316 g/mol. The van der Waals surface area contributed by atoms with Crippen LogP contribution in [0, 0.1) is 5.92 Å². The van der Waals surface area contributed by atoms with Gasteiger partial charge in [-0.05, 0) is 38.5 Å². The van der Waals surface area contributed by atoms with Gasteiger partial charge in [0.15, 0.2) is 0 Å². The highest BCUT2D eigenvalue weighted by Crippen LogP contribution is 2.26. The van der Waals surface area contributed by atoms with Crippen LogP contribution in [0.4, 0.5) is 11.4 Å². The van der Waals surface area contributed by atoms with Gasteiger partial charge in [0.05, 0.1) is 5.92 Å². The first-order valence-corrected chi connectivity index (χ1v) is 8.68. The number of hydrogen-bond acceptors (Lipinski definition) is 4. The summed E-state index contributed by atoms with van der Waals surface area (Å²) in [5.74, 6) is 0.460. The molecule has 2 heterocycles. The van der Waals surface area contributed by atoms with E-state index in [9.17, 15) is 4.79 Å². The fraction of sp³-hybridized carbons (Fsp3) is 0.611. The Morgan fingerprint density at radius 2 is 1.91 bits per heavy atom. The quantitative estimate of drug-likeness (QED) is 0.862. The highest BCUT2D eigenvalue weighted by atomic mass is 16.2. The van der Waals surface area contributed by atoms with E-state index < -0.39 is 0 Å². The van der Waals surface area contributed by atoms with E-state index >= 15 is 0 Å². The first-order valence-electron chi connectivity index (χ1n) is 8.68. The second kappa shape index (κ2) is 6.79. The lowest BCUT2D eigenvalue weighted by Gasteiger charge is -2.37. The Bertz CT molecular complexity index is 552. The van der Waals surface area contributed by atoms with Crippen LogP contribution in [0.2, 0.25) is 0 Å². The maximum atomic E-state index is 12.8. The molecule has 2 aliphatic rings. The zero-order valence-electron chi connectivity index (χ0n) is 14.2. The molecule has 0 spiro atoms. The number of benzene rings is 1. The van der Waals surface area contributed by atoms with E-state index in [0.29, 0.717) is 11.9 Å². The molecule has 1 aromatic rings. The summed E-state index contributed by atoms with van der Waals surface area (Å²) in [6.07, 6.45) is 0.942. The van der Waals surface area contributed by atoms with Gasteiger partial charge in [0.25, 0.3) is 0 Å². The molecule has 5 heteroatoms. The maximum absolute atomic E-state index is 12.8. The second-order valence-electron chi connectivity index (χ2n) is 6.98. The molecule has 2 saturated heterocycles. The van der Waals surface area contributed by atoms with Gasteiger partial charge in [-0.15, -0.1) is 0 Å². The number of rotatable bonds is 3. The van der Waals surface area contributed by atoms with Gasteiger partial charge in [-0.2, -0.15) is 0 Å². The Labute approximate surface area is 139 Å². The first kappa shape index (κ1) is 16.1. The third-order valence-corrected chi connectivity index (χ3v) is 5.13. The van der Waals surface area contributed by atoms with E-state index in [-0.39, 0.29) is 5.92 Å². The van der Waals surface area contributed by atoms with Crippen molar-refractivity contribution < 1.29 is 4.79 Å². The molecular formula is C18H28N4O. The van der Waals surface area contributed by atoms with Crippen LogP contribution in [0.25, 0.3) is 0 Å². The Kier molecular flexibility index (Phi) is 4.76. The van der Waals surface area contributed by atoms with E-state index in [1.54, 1.807) is 0 Å². The molecule has 2 fully saturated rings. The van der Waals surface area contributed by atoms with E-state index in [0.717, 1.165) is 57.1 Å². The molecular weight excluding hydrogens is 288 g/mol. The lowest BCUT2D eigenvalue weighted by atomic mass is 10.1. The van der Waals surface area contributed by atoms with Gasteiger partial charge < -0.3 is 15.5 Å². The molecule has 3 rings (SSSR count). The van der Waals surface area contributed by atoms with Crippen LogP contribution in [0.15, 0.2) is 24.3 Å². The number of nitrogens with two attached hydrogens (primary N) is 1. The highest BCUT2D eigenvalue weighted by Gasteiger charge is 2.33. The monoisotopic (exact) mass is 316 g/mol. The second-order valence-corrected chi connectivity index (χ2v) is 6.98. The summed E-state index contributed by atoms with van der Waals surface area (Å²) < 4.78 is 0. The fourth-order valence-electron chi connectivity index (χ4n) is 3.63. The number of nitrogens with zero attached hydrogens (tertiary/aromatic N) is 3. The van der Waals surface area contributed by atoms with Crippen LogP contribution in [0.3, 0.4) is 0 Å². The molecule has 1 atom stereocenters. The van der Waals surface area contributed by atoms with Gasteiger partial charge in [0, 0.05) is 56.7 Å². The predicted octanol–water partition coefficient (Wildman–Crippen LogP) is 1.65. The Balaban J connectivity index is 1.56. The highest BCUT2D eigenvalue weighted by molar-refractivity contribution is 5.80. The summed E-state index contributed by atoms with van der Waals surface area (Å²) in [6, 6.07) is 8.51. The molecule has 5 nitrogen and oxygen atoms in total. The number of carbonyl (C=O) groups excluding carboxylic acids is 1. The molecule has 126 valence electrons. The average Bonchev–Trinajstić information content (AvgIpc) is 3.04. The van der Waals surface area contributed by atoms with E-state index in [1.807, 2.05) is 18.2 Å². The summed E-state index contributed by atoms with van der Waals surface area (Å²) in [5, 5.41) is 0. The van der Waals surface area contributed by atoms with Crippen molar-refractivity contribution in [3.8, 4) is 0 Å². The number of nitrogen functional groups attached to an aromatic ring is 1. The topological polar surface area (TPSA) is 52.8 Å². The summed E-state index contributed by atoms with van der Waals surface area (Å²) in [7, 11) is 0. The van der Waals surface area contributed by atoms with E-state index in [2.05, 4.69) is 34.6 Å². The minimum Gasteiger partial charge on any atom is -0.399 e. The molecule has 0 aliphatic carbocycles. The van der Waals surface area contributed by atoms with Crippen LogP contribution in [-0.4, -0.2) is 61.0 Å². The molecule has 0 unspecified atom stereocenters. The van der Waals surface area contributed by atoms with Crippen LogP contribution in [0.1, 0.15) is 20.3 Å². The summed E-state index contributed by atoms with van der Waals surface area (Å²) in [6.45, 7) is 9.91. The summed E-state index contributed by atoms with van der Waals surface area (Å²) in [4.78, 5) is 19.6. The number of hydrogen-bond donors (Lipinski definition) is 1. The lowest BCUT2D eigenvalue weighted by molar-refractivity contribution is -0.136. The van der Waals surface area contributed by atoms with Crippen LogP contribution >= 0.6 is 0 Å². The normalized spacial score (nSPS) is 22.8. The summed E-state index contributed by atoms with van der Waals surface area (Å²) >= 11 is 0. The fourth-order valence-corrected chi connectivity index (χ4v) is 3.63. The van der Waals surface area contributed by atoms with Gasteiger partial charge in [-0.1, -0.05) is 6.07 Å². The molecule has 2 aliphatic heterocycles. The SMILES string of the molecule is CC(C)N1CCN(C(=O)[C@H]2CCN(c3cccc(N)c3)C2)CC1. The Morgan fingerprint density at radius 1 is 1.17 bits per heavy atom. The molecule has 0 bridgehead atoms. The van der Waals surface area contributed by atoms with Crippen molar-refractivity contribution in [2.75, 3.05) is 49.9 Å². The largest absolute Gasteiger partial charge is 0.399 e. The number of piperazine rings is 1. The number of amides is 1. The third kappa shape index (κ3) is 3.61. The van der Waals surface area contributed by atoms with Crippen LogP contribution in [0.5, 0.6) is 0 Å². The Morgan fingerprint density at radius 3 is 2.57 bits per heavy atom. The van der Waals surface area contributed by atoms with Crippen molar-refractivity contribution in [2.24, 2.45) is 5.92 Å². The van der Waals surface area contributed by atoms with Gasteiger partial charge in [-0.25, -0.2) is 0 Å². The minimum atomic E-state index is 0.127. The lowest BCUT2D eigenvalue weighted by Crippen LogP contribution is -2.52. The third-order valence-electron chi connectivity index (χ3n) is 5.13. The zero-order valence-corrected chi connectivity index (χ0v) is 14.2. The van der Waals surface area contributed by atoms with Crippen LogP contribution in [-0.2, 0) is 4.79 Å². The predicted molar refractivity (Wildman–Crippen MR) is 94.5 cm³/mol. The van der Waals surface area contributed by atoms with Gasteiger partial charge in [0.2, 0.25) is 5.91 Å². The van der Waals surface area contributed by atoms with Gasteiger partial charge in [-0.3, -0.25) is 9.69 Å². The zero-order chi connectivity index (χ0) is 16.4. The Hall–Kier alpha value is -1.75. The smallest absolute Gasteiger partial charge is 0.227 e. The van der Waals surface area contributed by atoms with Crippen molar-refractivity contribution in [3.05, 3.63) is 24.3 Å². The number of anilines is 2. The molecule has 0 saturated carbocycles. The number of carbonyl (C=O) groups is 1. The molecule has 1 amide bonds. The molecule has 2 N–H and O–H groups in total. The van der Waals surface area contributed by atoms with Crippen molar-refractivity contribution in [2.45, 2.75) is 26.3 Å². The molecule has 23 heavy (non-hydrogen) atoms. The van der Waals surface area contributed by atoms with Crippen molar-refractivity contribution >= 4 is 17.3 Å². The van der Waals surface area contributed by atoms with Crippen molar-refractivity contribution in [3.63, 3.8) is 0 Å². The standard InChI is InChI=1S/C18H28N4O/c1-14(2)20-8-10-21(11-9-20)18(23)15-6-7-22(13-15)17-5-3-4-16(19)12-17/h3-5,12,14-15H,6-11,13,19H2,1-2H3/t15-/m0/s1. The van der Waals surface area contributed by atoms with E-state index in [1.165, 1.54) is 0 Å². The minimum absolute atomic E-state index is 0.127. The summed E-state index contributed by atoms with van der Waals surface area (Å²) in [5.41, 5.74) is 7.78. The van der Waals surface area contributed by atoms with Gasteiger partial charge >= 0.3 is 0 Å². The first-order chi connectivity index (χ1) is 11.0. The van der Waals surface area contributed by atoms with E-state index in [4.69, 9.17) is 5.73 Å². The van der Waals surface area contributed by atoms with Crippen molar-refractivity contribution in [1.29, 1.82) is 0 Å². The molecule has 0 aromatic heterocycles. The molecule has 0 radical (unpaired) electrons. The molecule has 1 aromatic carbocycles. The van der Waals surface area contributed by atoms with Gasteiger partial charge in [0.1, 0.15) is 0 Å².